The van der Waals surface area contributed by atoms with E-state index in [4.69, 9.17) is 4.55 Å². The molecule has 0 spiro atoms. The quantitative estimate of drug-likeness (QED) is 0.453. The summed E-state index contributed by atoms with van der Waals surface area (Å²) in [7, 11) is 0.482. The zero-order valence-corrected chi connectivity index (χ0v) is 5.16. The van der Waals surface area contributed by atoms with Crippen LogP contribution < -0.4 is 0 Å². The first-order valence-electron chi connectivity index (χ1n) is 1.77. The van der Waals surface area contributed by atoms with Crippen molar-refractivity contribution in [3.63, 3.8) is 0 Å². The molecule has 1 atom stereocenters. The van der Waals surface area contributed by atoms with Crippen molar-refractivity contribution >= 4 is 11.3 Å². The molecule has 1 unspecified atom stereocenters. The molecule has 9 heavy (non-hydrogen) atoms. The highest BCUT2D eigenvalue weighted by molar-refractivity contribution is 7.76. The topological polar surface area (TPSA) is 40.5 Å². The van der Waals surface area contributed by atoms with Crippen LogP contribution in [0.4, 0.5) is 13.2 Å². The molecule has 0 bridgehead atoms. The normalized spacial score (nSPS) is 16.2. The highest BCUT2D eigenvalue weighted by Crippen LogP contribution is 2.19. The zero-order valence-electron chi connectivity index (χ0n) is 4.34. The van der Waals surface area contributed by atoms with Gasteiger partial charge >= 0.3 is 6.30 Å². The number of rotatable bonds is 1. The second kappa shape index (κ2) is 2.63. The standard InChI is InChI=1S/C2H4F3NO2S/c1-6(9(7)8)2(3,4)5/h1H3,(H,7,8). The molecule has 0 aromatic carbocycles. The molecule has 0 aliphatic rings. The lowest BCUT2D eigenvalue weighted by Gasteiger charge is -2.13. The van der Waals surface area contributed by atoms with Crippen LogP contribution in [0, 0.1) is 0 Å². The van der Waals surface area contributed by atoms with E-state index < -0.39 is 21.9 Å². The maximum atomic E-state index is 11.3. The maximum absolute atomic E-state index is 11.3. The molecule has 3 nitrogen and oxygen atoms in total. The Balaban J connectivity index is 4.04. The Morgan fingerprint density at radius 2 is 1.89 bits per heavy atom. The monoisotopic (exact) mass is 163 g/mol. The minimum Gasteiger partial charge on any atom is -0.293 e. The third kappa shape index (κ3) is 2.78. The minimum absolute atomic E-state index is 0.482. The molecule has 0 aromatic rings. The molecule has 0 aliphatic heterocycles. The molecule has 56 valence electrons. The van der Waals surface area contributed by atoms with E-state index in [0.717, 1.165) is 0 Å². The van der Waals surface area contributed by atoms with Crippen molar-refractivity contribution in [2.24, 2.45) is 0 Å². The molecule has 0 heterocycles. The SMILES string of the molecule is CN(S(=O)O)C(F)(F)F. The van der Waals surface area contributed by atoms with Gasteiger partial charge in [0.05, 0.1) is 0 Å². The lowest BCUT2D eigenvalue weighted by atomic mass is 11.1. The maximum Gasteiger partial charge on any atom is 0.472 e. The van der Waals surface area contributed by atoms with Gasteiger partial charge in [0.2, 0.25) is 11.3 Å². The first-order valence-corrected chi connectivity index (χ1v) is 2.83. The summed E-state index contributed by atoms with van der Waals surface area (Å²) in [5, 5.41) is 0. The molecule has 0 saturated carbocycles. The van der Waals surface area contributed by atoms with Gasteiger partial charge in [-0.1, -0.05) is 0 Å². The van der Waals surface area contributed by atoms with Crippen LogP contribution in [0.2, 0.25) is 0 Å². The summed E-state index contributed by atoms with van der Waals surface area (Å²) in [6.07, 6.45) is -4.74. The Bertz CT molecular complexity index is 123. The highest BCUT2D eigenvalue weighted by Gasteiger charge is 2.37. The van der Waals surface area contributed by atoms with Crippen molar-refractivity contribution in [3.05, 3.63) is 0 Å². The second-order valence-electron chi connectivity index (χ2n) is 1.20. The van der Waals surface area contributed by atoms with Crippen molar-refractivity contribution in [2.75, 3.05) is 7.05 Å². The van der Waals surface area contributed by atoms with E-state index in [-0.39, 0.29) is 0 Å². The third-order valence-corrected chi connectivity index (χ3v) is 1.27. The predicted molar refractivity (Wildman–Crippen MR) is 24.6 cm³/mol. The molecule has 0 aliphatic carbocycles. The molecular formula is C2H4F3NO2S. The smallest absolute Gasteiger partial charge is 0.293 e. The molecule has 0 aromatic heterocycles. The summed E-state index contributed by atoms with van der Waals surface area (Å²) in [6.45, 7) is 0. The van der Waals surface area contributed by atoms with Crippen LogP contribution in [0.5, 0.6) is 0 Å². The van der Waals surface area contributed by atoms with Crippen molar-refractivity contribution in [3.8, 4) is 0 Å². The summed E-state index contributed by atoms with van der Waals surface area (Å²) in [4.78, 5) is 0. The fourth-order valence-electron chi connectivity index (χ4n) is 0.0885. The van der Waals surface area contributed by atoms with E-state index in [9.17, 15) is 17.4 Å². The summed E-state index contributed by atoms with van der Waals surface area (Å²) in [6, 6.07) is 0. The van der Waals surface area contributed by atoms with E-state index in [1.54, 1.807) is 0 Å². The van der Waals surface area contributed by atoms with E-state index in [1.807, 2.05) is 0 Å². The Morgan fingerprint density at radius 3 is 1.89 bits per heavy atom. The molecular weight excluding hydrogens is 159 g/mol. The van der Waals surface area contributed by atoms with Gasteiger partial charge in [-0.3, -0.25) is 4.55 Å². The number of halogens is 3. The van der Waals surface area contributed by atoms with Gasteiger partial charge in [-0.15, -0.1) is 4.31 Å². The van der Waals surface area contributed by atoms with Crippen LogP contribution in [-0.2, 0) is 11.3 Å². The van der Waals surface area contributed by atoms with Gasteiger partial charge in [0.1, 0.15) is 0 Å². The summed E-state index contributed by atoms with van der Waals surface area (Å²) in [5.41, 5.74) is 0. The lowest BCUT2D eigenvalue weighted by molar-refractivity contribution is -0.202. The number of alkyl halides is 3. The van der Waals surface area contributed by atoms with E-state index in [0.29, 0.717) is 7.05 Å². The van der Waals surface area contributed by atoms with E-state index in [1.165, 1.54) is 0 Å². The third-order valence-electron chi connectivity index (χ3n) is 0.591. The van der Waals surface area contributed by atoms with Crippen LogP contribution in [0.25, 0.3) is 0 Å². The summed E-state index contributed by atoms with van der Waals surface area (Å²) >= 11 is -2.97. The highest BCUT2D eigenvalue weighted by atomic mass is 32.2. The van der Waals surface area contributed by atoms with Crippen molar-refractivity contribution in [2.45, 2.75) is 6.30 Å². The van der Waals surface area contributed by atoms with Crippen molar-refractivity contribution in [1.82, 2.24) is 4.31 Å². The van der Waals surface area contributed by atoms with Gasteiger partial charge in [0.15, 0.2) is 0 Å². The van der Waals surface area contributed by atoms with E-state index >= 15 is 0 Å². The molecule has 0 saturated heterocycles. The molecule has 0 fully saturated rings. The number of nitrogens with zero attached hydrogens (tertiary/aromatic N) is 1. The Labute approximate surface area is 51.9 Å². The summed E-state index contributed by atoms with van der Waals surface area (Å²) in [5.74, 6) is 0. The van der Waals surface area contributed by atoms with Crippen molar-refractivity contribution in [1.29, 1.82) is 0 Å². The van der Waals surface area contributed by atoms with Gasteiger partial charge < -0.3 is 0 Å². The van der Waals surface area contributed by atoms with Crippen LogP contribution in [0.3, 0.4) is 0 Å². The van der Waals surface area contributed by atoms with Crippen LogP contribution in [0.15, 0.2) is 0 Å². The number of hydrogen-bond donors (Lipinski definition) is 1. The average molecular weight is 163 g/mol. The Kier molecular flexibility index (Phi) is 2.59. The number of hydrogen-bond acceptors (Lipinski definition) is 1. The second-order valence-corrected chi connectivity index (χ2v) is 2.21. The molecule has 0 radical (unpaired) electrons. The Morgan fingerprint density at radius 1 is 1.56 bits per heavy atom. The molecule has 7 heteroatoms. The molecule has 1 N–H and O–H groups in total. The van der Waals surface area contributed by atoms with Crippen LogP contribution in [0.1, 0.15) is 0 Å². The summed E-state index contributed by atoms with van der Waals surface area (Å²) < 4.78 is 50.7. The Hall–Kier alpha value is -0.140. The lowest BCUT2D eigenvalue weighted by Crippen LogP contribution is -2.35. The van der Waals surface area contributed by atoms with Gasteiger partial charge in [-0.25, -0.2) is 4.21 Å². The first kappa shape index (κ1) is 8.86. The van der Waals surface area contributed by atoms with Gasteiger partial charge in [-0.2, -0.15) is 13.2 Å². The van der Waals surface area contributed by atoms with Gasteiger partial charge in [0, 0.05) is 7.05 Å². The largest absolute Gasteiger partial charge is 0.472 e. The average Bonchev–Trinajstić information content (AvgIpc) is 1.62. The fraction of sp³-hybridized carbons (Fsp3) is 1.00. The van der Waals surface area contributed by atoms with Crippen LogP contribution >= 0.6 is 0 Å². The fourth-order valence-corrected chi connectivity index (χ4v) is 0.266. The van der Waals surface area contributed by atoms with Gasteiger partial charge in [0.25, 0.3) is 0 Å². The van der Waals surface area contributed by atoms with Crippen LogP contribution in [-0.4, -0.2) is 26.4 Å². The first-order chi connectivity index (χ1) is 3.85. The molecule has 0 amide bonds. The van der Waals surface area contributed by atoms with E-state index in [2.05, 4.69) is 0 Å². The predicted octanol–water partition coefficient (Wildman–Crippen LogP) is 0.575. The van der Waals surface area contributed by atoms with Crippen molar-refractivity contribution < 1.29 is 21.9 Å². The van der Waals surface area contributed by atoms with Gasteiger partial charge in [-0.05, 0) is 0 Å². The molecule has 0 rings (SSSR count). The minimum atomic E-state index is -4.74. The zero-order chi connectivity index (χ0) is 7.65.